The van der Waals surface area contributed by atoms with Gasteiger partial charge in [-0.3, -0.25) is 4.79 Å². The first kappa shape index (κ1) is 24.6. The summed E-state index contributed by atoms with van der Waals surface area (Å²) in [5.74, 6) is -0.832. The Morgan fingerprint density at radius 1 is 1.09 bits per heavy atom. The zero-order valence-electron chi connectivity index (χ0n) is 19.7. The van der Waals surface area contributed by atoms with Crippen LogP contribution < -0.4 is 0 Å². The van der Waals surface area contributed by atoms with Crippen LogP contribution in [0.5, 0.6) is 0 Å². The number of aromatic nitrogens is 3. The fraction of sp³-hybridized carbons (Fsp3) is 0.360. The maximum atomic E-state index is 12.9. The third-order valence-electron chi connectivity index (χ3n) is 5.68. The van der Waals surface area contributed by atoms with Crippen LogP contribution in [0.3, 0.4) is 0 Å². The summed E-state index contributed by atoms with van der Waals surface area (Å²) in [5, 5.41) is 4.35. The molecule has 3 aromatic rings. The number of para-hydroxylation sites is 1. The number of hydrogen-bond acceptors (Lipinski definition) is 7. The standard InChI is InChI=1S/C25H28N4O5S/c1-18(2)15-28(21-13-14-35(32,33)17-21)22(30)16-34-25(31)23-26-24(19-9-5-3-6-10-19)29(27-23)20-11-7-4-8-12-20/h3-12,18,21H,13-17H2,1-2H3. The Morgan fingerprint density at radius 2 is 1.74 bits per heavy atom. The summed E-state index contributed by atoms with van der Waals surface area (Å²) in [7, 11) is -3.16. The van der Waals surface area contributed by atoms with Crippen molar-refractivity contribution >= 4 is 21.7 Å². The van der Waals surface area contributed by atoms with Crippen LogP contribution in [0.1, 0.15) is 30.9 Å². The number of sulfone groups is 1. The number of benzene rings is 2. The minimum atomic E-state index is -3.16. The van der Waals surface area contributed by atoms with Crippen molar-refractivity contribution in [3.63, 3.8) is 0 Å². The molecule has 1 amide bonds. The predicted octanol–water partition coefficient (Wildman–Crippen LogP) is 2.76. The highest BCUT2D eigenvalue weighted by molar-refractivity contribution is 7.91. The van der Waals surface area contributed by atoms with E-state index >= 15 is 0 Å². The van der Waals surface area contributed by atoms with Crippen molar-refractivity contribution in [3.05, 3.63) is 66.5 Å². The first-order valence-electron chi connectivity index (χ1n) is 11.5. The zero-order chi connectivity index (χ0) is 25.0. The Kier molecular flexibility index (Phi) is 7.30. The molecular weight excluding hydrogens is 468 g/mol. The van der Waals surface area contributed by atoms with E-state index in [0.717, 1.165) is 11.3 Å². The molecule has 1 aliphatic heterocycles. The fourth-order valence-corrected chi connectivity index (χ4v) is 5.80. The Bertz CT molecular complexity index is 1230. The molecular formula is C25H28N4O5S. The van der Waals surface area contributed by atoms with Crippen molar-refractivity contribution in [2.24, 2.45) is 5.92 Å². The van der Waals surface area contributed by atoms with E-state index in [-0.39, 0.29) is 23.2 Å². The van der Waals surface area contributed by atoms with Gasteiger partial charge < -0.3 is 9.64 Å². The number of esters is 1. The summed E-state index contributed by atoms with van der Waals surface area (Å²) in [6.07, 6.45) is 0.387. The van der Waals surface area contributed by atoms with Crippen molar-refractivity contribution < 1.29 is 22.7 Å². The molecule has 0 spiro atoms. The van der Waals surface area contributed by atoms with Crippen LogP contribution >= 0.6 is 0 Å². The molecule has 2 aromatic carbocycles. The Morgan fingerprint density at radius 3 is 2.34 bits per heavy atom. The Hall–Kier alpha value is -3.53. The van der Waals surface area contributed by atoms with E-state index in [4.69, 9.17) is 4.74 Å². The summed E-state index contributed by atoms with van der Waals surface area (Å²) in [4.78, 5) is 31.7. The Balaban J connectivity index is 1.52. The smallest absolute Gasteiger partial charge is 0.378 e. The summed E-state index contributed by atoms with van der Waals surface area (Å²) >= 11 is 0. The van der Waals surface area contributed by atoms with Gasteiger partial charge in [0.15, 0.2) is 22.3 Å². The maximum Gasteiger partial charge on any atom is 0.378 e. The van der Waals surface area contributed by atoms with E-state index in [2.05, 4.69) is 10.1 Å². The molecule has 1 atom stereocenters. The number of carbonyl (C=O) groups is 2. The number of ether oxygens (including phenoxy) is 1. The molecule has 10 heteroatoms. The summed E-state index contributed by atoms with van der Waals surface area (Å²) in [6.45, 7) is 3.76. The van der Waals surface area contributed by atoms with Crippen molar-refractivity contribution in [2.45, 2.75) is 26.3 Å². The molecule has 35 heavy (non-hydrogen) atoms. The molecule has 9 nitrogen and oxygen atoms in total. The summed E-state index contributed by atoms with van der Waals surface area (Å²) in [5.41, 5.74) is 1.49. The third kappa shape index (κ3) is 5.94. The molecule has 0 N–H and O–H groups in total. The first-order valence-corrected chi connectivity index (χ1v) is 13.3. The van der Waals surface area contributed by atoms with Crippen LogP contribution in [0.15, 0.2) is 60.7 Å². The lowest BCUT2D eigenvalue weighted by Crippen LogP contribution is -2.45. The van der Waals surface area contributed by atoms with Gasteiger partial charge in [0, 0.05) is 18.2 Å². The van der Waals surface area contributed by atoms with E-state index in [1.165, 1.54) is 4.90 Å². The first-order chi connectivity index (χ1) is 16.7. The van der Waals surface area contributed by atoms with Gasteiger partial charge in [-0.15, -0.1) is 5.10 Å². The lowest BCUT2D eigenvalue weighted by Gasteiger charge is -2.29. The average Bonchev–Trinajstić information content (AvgIpc) is 3.45. The van der Waals surface area contributed by atoms with Gasteiger partial charge in [0.25, 0.3) is 11.7 Å². The van der Waals surface area contributed by atoms with E-state index in [9.17, 15) is 18.0 Å². The van der Waals surface area contributed by atoms with Gasteiger partial charge in [0.1, 0.15) is 0 Å². The van der Waals surface area contributed by atoms with Gasteiger partial charge in [-0.05, 0) is 24.5 Å². The SMILES string of the molecule is CC(C)CN(C(=O)COC(=O)c1nc(-c2ccccc2)n(-c2ccccc2)n1)C1CCS(=O)(=O)C1. The normalized spacial score (nSPS) is 16.8. The lowest BCUT2D eigenvalue weighted by molar-refractivity contribution is -0.137. The topological polar surface area (TPSA) is 111 Å². The van der Waals surface area contributed by atoms with Crippen LogP contribution in [0, 0.1) is 5.92 Å². The van der Waals surface area contributed by atoms with Gasteiger partial charge >= 0.3 is 5.97 Å². The number of amides is 1. The second-order valence-corrected chi connectivity index (χ2v) is 11.2. The second kappa shape index (κ2) is 10.4. The molecule has 0 saturated carbocycles. The average molecular weight is 497 g/mol. The summed E-state index contributed by atoms with van der Waals surface area (Å²) < 4.78 is 30.7. The van der Waals surface area contributed by atoms with Crippen LogP contribution in [-0.2, 0) is 19.4 Å². The van der Waals surface area contributed by atoms with Crippen LogP contribution in [-0.4, -0.2) is 70.7 Å². The second-order valence-electron chi connectivity index (χ2n) is 8.95. The lowest BCUT2D eigenvalue weighted by atomic mass is 10.1. The van der Waals surface area contributed by atoms with E-state index in [0.29, 0.717) is 18.8 Å². The zero-order valence-corrected chi connectivity index (χ0v) is 20.5. The van der Waals surface area contributed by atoms with Gasteiger partial charge in [0.2, 0.25) is 0 Å². The number of rotatable bonds is 8. The molecule has 1 saturated heterocycles. The molecule has 0 radical (unpaired) electrons. The van der Waals surface area contributed by atoms with Gasteiger partial charge in [-0.2, -0.15) is 0 Å². The van der Waals surface area contributed by atoms with Crippen LogP contribution in [0.2, 0.25) is 0 Å². The quantitative estimate of drug-likeness (QED) is 0.441. The van der Waals surface area contributed by atoms with Gasteiger partial charge in [-0.1, -0.05) is 62.4 Å². The molecule has 1 fully saturated rings. The van der Waals surface area contributed by atoms with E-state index < -0.39 is 34.4 Å². The fourth-order valence-electron chi connectivity index (χ4n) is 4.07. The predicted molar refractivity (Wildman–Crippen MR) is 131 cm³/mol. The number of nitrogens with zero attached hydrogens (tertiary/aromatic N) is 4. The molecule has 1 aromatic heterocycles. The molecule has 184 valence electrons. The highest BCUT2D eigenvalue weighted by Gasteiger charge is 2.35. The van der Waals surface area contributed by atoms with Crippen molar-refractivity contribution in [2.75, 3.05) is 24.7 Å². The molecule has 0 aliphatic carbocycles. The Labute approximate surface area is 204 Å². The van der Waals surface area contributed by atoms with Gasteiger partial charge in [-0.25, -0.2) is 22.9 Å². The molecule has 4 rings (SSSR count). The minimum absolute atomic E-state index is 0.0580. The van der Waals surface area contributed by atoms with Crippen LogP contribution in [0.4, 0.5) is 0 Å². The molecule has 0 bridgehead atoms. The van der Waals surface area contributed by atoms with Gasteiger partial charge in [0.05, 0.1) is 17.2 Å². The highest BCUT2D eigenvalue weighted by Crippen LogP contribution is 2.22. The number of carbonyl (C=O) groups excluding carboxylic acids is 2. The molecule has 2 heterocycles. The van der Waals surface area contributed by atoms with Crippen molar-refractivity contribution in [1.82, 2.24) is 19.7 Å². The summed E-state index contributed by atoms with van der Waals surface area (Å²) in [6, 6.07) is 18.2. The molecule has 1 unspecified atom stereocenters. The molecule has 1 aliphatic rings. The third-order valence-corrected chi connectivity index (χ3v) is 7.43. The van der Waals surface area contributed by atoms with Crippen molar-refractivity contribution in [3.8, 4) is 17.1 Å². The van der Waals surface area contributed by atoms with Crippen LogP contribution in [0.25, 0.3) is 17.1 Å². The largest absolute Gasteiger partial charge is 0.450 e. The monoisotopic (exact) mass is 496 g/mol. The van der Waals surface area contributed by atoms with Crippen molar-refractivity contribution in [1.29, 1.82) is 0 Å². The maximum absolute atomic E-state index is 12.9. The van der Waals surface area contributed by atoms with E-state index in [1.54, 1.807) is 4.68 Å². The number of hydrogen-bond donors (Lipinski definition) is 0. The minimum Gasteiger partial charge on any atom is -0.450 e. The highest BCUT2D eigenvalue weighted by atomic mass is 32.2. The van der Waals surface area contributed by atoms with E-state index in [1.807, 2.05) is 74.5 Å².